The number of hydrogen-bond donors (Lipinski definition) is 0. The van der Waals surface area contributed by atoms with E-state index in [9.17, 15) is 4.79 Å². The smallest absolute Gasteiger partial charge is 0.178 e. The number of aryl methyl sites for hydroxylation is 1. The fraction of sp³-hybridized carbons (Fsp3) is 0.625. The molecule has 1 heterocycles. The summed E-state index contributed by atoms with van der Waals surface area (Å²) in [6, 6.07) is 4.19. The van der Waals surface area contributed by atoms with Crippen LogP contribution in [0, 0.1) is 31.1 Å². The number of hydrogen-bond acceptors (Lipinski definition) is 3. The quantitative estimate of drug-likeness (QED) is 0.719. The highest BCUT2D eigenvalue weighted by Gasteiger charge is 2.18. The van der Waals surface area contributed by atoms with Crippen molar-refractivity contribution in [3.63, 3.8) is 0 Å². The molecule has 0 radical (unpaired) electrons. The second kappa shape index (κ2) is 7.25. The topological polar surface area (TPSA) is 49.0 Å². The van der Waals surface area contributed by atoms with Gasteiger partial charge in [-0.3, -0.25) is 9.69 Å². The van der Waals surface area contributed by atoms with Gasteiger partial charge in [0.15, 0.2) is 5.78 Å². The van der Waals surface area contributed by atoms with Crippen molar-refractivity contribution >= 4 is 5.78 Å². The van der Waals surface area contributed by atoms with Crippen molar-refractivity contribution in [2.75, 3.05) is 19.6 Å². The molecule has 1 aromatic rings. The Hall–Kier alpha value is -1.60. The first-order chi connectivity index (χ1) is 9.44. The Kier molecular flexibility index (Phi) is 5.97. The largest absolute Gasteiger partial charge is 0.349 e. The van der Waals surface area contributed by atoms with E-state index in [-0.39, 0.29) is 11.7 Å². The molecular weight excluding hydrogens is 250 g/mol. The van der Waals surface area contributed by atoms with E-state index in [2.05, 4.69) is 17.6 Å². The molecule has 20 heavy (non-hydrogen) atoms. The van der Waals surface area contributed by atoms with Crippen molar-refractivity contribution in [2.24, 2.45) is 5.92 Å². The van der Waals surface area contributed by atoms with Crippen LogP contribution < -0.4 is 0 Å². The van der Waals surface area contributed by atoms with Gasteiger partial charge in [-0.25, -0.2) is 0 Å². The predicted molar refractivity (Wildman–Crippen MR) is 80.8 cm³/mol. The number of ketones is 1. The molecule has 0 N–H and O–H groups in total. The van der Waals surface area contributed by atoms with Crippen LogP contribution in [0.3, 0.4) is 0 Å². The van der Waals surface area contributed by atoms with E-state index < -0.39 is 0 Å². The van der Waals surface area contributed by atoms with Gasteiger partial charge in [-0.1, -0.05) is 6.92 Å². The summed E-state index contributed by atoms with van der Waals surface area (Å²) in [5, 5.41) is 8.88. The van der Waals surface area contributed by atoms with E-state index >= 15 is 0 Å². The third-order valence-corrected chi connectivity index (χ3v) is 3.76. The number of carbonyl (C=O) groups excluding carboxylic acids is 1. The lowest BCUT2D eigenvalue weighted by Gasteiger charge is -2.20. The zero-order valence-electron chi connectivity index (χ0n) is 13.2. The number of rotatable bonds is 7. The molecule has 1 rings (SSSR count). The fourth-order valence-electron chi connectivity index (χ4n) is 2.59. The van der Waals surface area contributed by atoms with Crippen LogP contribution in [-0.4, -0.2) is 34.9 Å². The van der Waals surface area contributed by atoms with Crippen LogP contribution in [0.2, 0.25) is 0 Å². The summed E-state index contributed by atoms with van der Waals surface area (Å²) in [5.74, 6) is 0.0932. The van der Waals surface area contributed by atoms with Gasteiger partial charge in [0.05, 0.1) is 18.5 Å². The first-order valence-corrected chi connectivity index (χ1v) is 7.26. The average Bonchev–Trinajstić information content (AvgIpc) is 2.72. The van der Waals surface area contributed by atoms with Crippen LogP contribution in [0.5, 0.6) is 0 Å². The van der Waals surface area contributed by atoms with E-state index in [4.69, 9.17) is 5.26 Å². The van der Waals surface area contributed by atoms with Crippen molar-refractivity contribution in [3.05, 3.63) is 23.0 Å². The molecule has 110 valence electrons. The van der Waals surface area contributed by atoms with Gasteiger partial charge >= 0.3 is 0 Å². The second-order valence-corrected chi connectivity index (χ2v) is 5.31. The molecule has 0 amide bonds. The standard InChI is InChI=1S/C16H25N3O/c1-6-18(10-12(3)9-17)11-16(20)15-8-13(4)19(7-2)14(15)5/h8,12H,6-7,10-11H2,1-5H3. The summed E-state index contributed by atoms with van der Waals surface area (Å²) >= 11 is 0. The molecule has 4 nitrogen and oxygen atoms in total. The maximum Gasteiger partial charge on any atom is 0.178 e. The Morgan fingerprint density at radius 1 is 1.45 bits per heavy atom. The first kappa shape index (κ1) is 16.5. The minimum Gasteiger partial charge on any atom is -0.349 e. The van der Waals surface area contributed by atoms with E-state index in [1.54, 1.807) is 0 Å². The number of nitriles is 1. The molecule has 0 bridgehead atoms. The van der Waals surface area contributed by atoms with Crippen LogP contribution in [0.25, 0.3) is 0 Å². The molecule has 0 saturated heterocycles. The highest BCUT2D eigenvalue weighted by molar-refractivity contribution is 5.99. The maximum absolute atomic E-state index is 12.4. The Morgan fingerprint density at radius 3 is 2.55 bits per heavy atom. The lowest BCUT2D eigenvalue weighted by Crippen LogP contribution is -2.33. The Labute approximate surface area is 122 Å². The van der Waals surface area contributed by atoms with Crippen LogP contribution >= 0.6 is 0 Å². The van der Waals surface area contributed by atoms with Crippen LogP contribution in [-0.2, 0) is 6.54 Å². The lowest BCUT2D eigenvalue weighted by molar-refractivity contribution is 0.0928. The van der Waals surface area contributed by atoms with Gasteiger partial charge in [-0.05, 0) is 40.3 Å². The molecule has 0 aliphatic heterocycles. The third kappa shape index (κ3) is 3.71. The third-order valence-electron chi connectivity index (χ3n) is 3.76. The summed E-state index contributed by atoms with van der Waals surface area (Å²) in [7, 11) is 0. The highest BCUT2D eigenvalue weighted by Crippen LogP contribution is 2.16. The summed E-state index contributed by atoms with van der Waals surface area (Å²) in [6.45, 7) is 12.7. The van der Waals surface area contributed by atoms with Gasteiger partial charge in [-0.15, -0.1) is 0 Å². The van der Waals surface area contributed by atoms with Gasteiger partial charge in [-0.2, -0.15) is 5.26 Å². The number of Topliss-reactive ketones (excluding diaryl/α,β-unsaturated/α-hetero) is 1. The van der Waals surface area contributed by atoms with Crippen molar-refractivity contribution in [1.82, 2.24) is 9.47 Å². The second-order valence-electron chi connectivity index (χ2n) is 5.31. The molecule has 1 unspecified atom stereocenters. The summed E-state index contributed by atoms with van der Waals surface area (Å²) in [4.78, 5) is 14.5. The predicted octanol–water partition coefficient (Wildman–Crippen LogP) is 2.79. The zero-order chi connectivity index (χ0) is 15.3. The maximum atomic E-state index is 12.4. The van der Waals surface area contributed by atoms with Gasteiger partial charge in [0, 0.05) is 30.0 Å². The Bertz CT molecular complexity index is 511. The minimum absolute atomic E-state index is 0.0502. The summed E-state index contributed by atoms with van der Waals surface area (Å²) in [5.41, 5.74) is 2.98. The van der Waals surface area contributed by atoms with E-state index in [0.29, 0.717) is 13.1 Å². The summed E-state index contributed by atoms with van der Waals surface area (Å²) < 4.78 is 2.15. The van der Waals surface area contributed by atoms with Crippen LogP contribution in [0.1, 0.15) is 42.5 Å². The number of carbonyl (C=O) groups is 1. The van der Waals surface area contributed by atoms with Crippen molar-refractivity contribution < 1.29 is 4.79 Å². The molecule has 0 fully saturated rings. The molecule has 1 aromatic heterocycles. The Morgan fingerprint density at radius 2 is 2.10 bits per heavy atom. The van der Waals surface area contributed by atoms with Crippen LogP contribution in [0.4, 0.5) is 0 Å². The zero-order valence-corrected chi connectivity index (χ0v) is 13.2. The molecule has 0 spiro atoms. The van der Waals surface area contributed by atoms with Gasteiger partial charge in [0.25, 0.3) is 0 Å². The van der Waals surface area contributed by atoms with E-state index in [0.717, 1.165) is 30.0 Å². The lowest BCUT2D eigenvalue weighted by atomic mass is 10.1. The SMILES string of the molecule is CCN(CC(=O)c1cc(C)n(CC)c1C)CC(C)C#N. The Balaban J connectivity index is 2.83. The van der Waals surface area contributed by atoms with Crippen molar-refractivity contribution in [3.8, 4) is 6.07 Å². The average molecular weight is 275 g/mol. The van der Waals surface area contributed by atoms with Crippen molar-refractivity contribution in [1.29, 1.82) is 5.26 Å². The van der Waals surface area contributed by atoms with Gasteiger partial charge < -0.3 is 4.57 Å². The number of likely N-dealkylation sites (N-methyl/N-ethyl adjacent to an activating group) is 1. The van der Waals surface area contributed by atoms with Gasteiger partial charge in [0.2, 0.25) is 0 Å². The molecule has 0 aliphatic rings. The molecule has 1 atom stereocenters. The molecule has 0 aliphatic carbocycles. The number of aromatic nitrogens is 1. The normalized spacial score (nSPS) is 12.4. The monoisotopic (exact) mass is 275 g/mol. The van der Waals surface area contributed by atoms with Crippen LogP contribution in [0.15, 0.2) is 6.07 Å². The molecule has 0 aromatic carbocycles. The highest BCUT2D eigenvalue weighted by atomic mass is 16.1. The summed E-state index contributed by atoms with van der Waals surface area (Å²) in [6.07, 6.45) is 0. The molecule has 0 saturated carbocycles. The number of nitrogens with zero attached hydrogens (tertiary/aromatic N) is 3. The first-order valence-electron chi connectivity index (χ1n) is 7.26. The van der Waals surface area contributed by atoms with Crippen molar-refractivity contribution in [2.45, 2.75) is 41.2 Å². The molecular formula is C16H25N3O. The fourth-order valence-corrected chi connectivity index (χ4v) is 2.59. The molecule has 4 heteroatoms. The van der Waals surface area contributed by atoms with E-state index in [1.165, 1.54) is 0 Å². The minimum atomic E-state index is -0.0502. The van der Waals surface area contributed by atoms with Gasteiger partial charge in [0.1, 0.15) is 0 Å². The van der Waals surface area contributed by atoms with E-state index in [1.807, 2.05) is 38.7 Å².